The number of carboxylic acid groups (broad SMARTS) is 1. The SMILES string of the molecule is NC(=O)O.O=[N+]([O-])O. The molecule has 0 atom stereocenters. The minimum atomic E-state index is -1.50. The molecule has 0 saturated carbocycles. The van der Waals surface area contributed by atoms with E-state index in [1.165, 1.54) is 0 Å². The van der Waals surface area contributed by atoms with E-state index < -0.39 is 11.2 Å². The predicted octanol–water partition coefficient (Wildman–Crippen LogP) is -0.725. The highest BCUT2D eigenvalue weighted by molar-refractivity contribution is 5.61. The summed E-state index contributed by atoms with van der Waals surface area (Å²) in [5.41, 5.74) is 4.03. The van der Waals surface area contributed by atoms with Gasteiger partial charge >= 0.3 is 6.09 Å². The van der Waals surface area contributed by atoms with Gasteiger partial charge in [0.25, 0.3) is 5.09 Å². The number of nitrogens with zero attached hydrogens (tertiary/aromatic N) is 1. The van der Waals surface area contributed by atoms with Crippen LogP contribution >= 0.6 is 0 Å². The first kappa shape index (κ1) is 9.69. The lowest BCUT2D eigenvalue weighted by atomic mass is 11.3. The third kappa shape index (κ3) is 23.0. The summed E-state index contributed by atoms with van der Waals surface area (Å²) in [5, 5.41) is 20.8. The van der Waals surface area contributed by atoms with Crippen molar-refractivity contribution in [1.82, 2.24) is 0 Å². The standard InChI is InChI=1S/CH3NO2.HNO3/c2*2-1(3)4/h2H2,(H,3,4);(H,2,3,4). The van der Waals surface area contributed by atoms with E-state index in [0.717, 1.165) is 0 Å². The van der Waals surface area contributed by atoms with Crippen LogP contribution in [0.1, 0.15) is 0 Å². The molecule has 0 radical (unpaired) electrons. The first-order chi connectivity index (χ1) is 3.46. The summed E-state index contributed by atoms with van der Waals surface area (Å²) in [6.07, 6.45) is -1.33. The molecular formula is CH4N2O5. The van der Waals surface area contributed by atoms with E-state index in [1.807, 2.05) is 0 Å². The fourth-order valence-corrected chi connectivity index (χ4v) is 0. The third-order valence-electron chi connectivity index (χ3n) is 0. The topological polar surface area (TPSA) is 127 Å². The van der Waals surface area contributed by atoms with E-state index in [-0.39, 0.29) is 0 Å². The minimum absolute atomic E-state index is 1.33. The molecule has 0 aromatic rings. The predicted molar refractivity (Wildman–Crippen MR) is 21.0 cm³/mol. The first-order valence-electron chi connectivity index (χ1n) is 1.28. The molecule has 0 aliphatic carbocycles. The fraction of sp³-hybridized carbons (Fsp3) is 0. The molecule has 4 N–H and O–H groups in total. The minimum Gasteiger partial charge on any atom is -0.465 e. The lowest BCUT2D eigenvalue weighted by molar-refractivity contribution is -0.742. The Morgan fingerprint density at radius 2 is 1.75 bits per heavy atom. The van der Waals surface area contributed by atoms with Gasteiger partial charge in [0.15, 0.2) is 0 Å². The number of hydrogen-bond donors (Lipinski definition) is 3. The molecule has 0 aromatic carbocycles. The highest BCUT2D eigenvalue weighted by Gasteiger charge is 1.65. The molecule has 0 rings (SSSR count). The van der Waals surface area contributed by atoms with Gasteiger partial charge in [0, 0.05) is 0 Å². The van der Waals surface area contributed by atoms with Gasteiger partial charge in [-0.15, -0.1) is 10.1 Å². The van der Waals surface area contributed by atoms with E-state index in [9.17, 15) is 0 Å². The molecule has 1 amide bonds. The smallest absolute Gasteiger partial charge is 0.402 e. The molecule has 0 saturated heterocycles. The van der Waals surface area contributed by atoms with Crippen molar-refractivity contribution in [2.45, 2.75) is 0 Å². The van der Waals surface area contributed by atoms with Gasteiger partial charge in [-0.2, -0.15) is 0 Å². The lowest BCUT2D eigenvalue weighted by Gasteiger charge is -1.61. The quantitative estimate of drug-likeness (QED) is 0.290. The second-order valence-electron chi connectivity index (χ2n) is 0.576. The summed E-state index contributed by atoms with van der Waals surface area (Å²) in [6, 6.07) is 0. The van der Waals surface area contributed by atoms with Crippen molar-refractivity contribution in [3.05, 3.63) is 10.1 Å². The van der Waals surface area contributed by atoms with Crippen molar-refractivity contribution in [1.29, 1.82) is 0 Å². The van der Waals surface area contributed by atoms with Gasteiger partial charge in [0.1, 0.15) is 0 Å². The zero-order valence-corrected chi connectivity index (χ0v) is 3.64. The van der Waals surface area contributed by atoms with Crippen LogP contribution in [-0.2, 0) is 0 Å². The highest BCUT2D eigenvalue weighted by atomic mass is 16.9. The third-order valence-corrected chi connectivity index (χ3v) is 0. The number of carbonyl (C=O) groups is 1. The number of hydrogen-bond acceptors (Lipinski definition) is 3. The van der Waals surface area contributed by atoms with Gasteiger partial charge in [-0.05, 0) is 0 Å². The summed E-state index contributed by atoms with van der Waals surface area (Å²) < 4.78 is 0. The summed E-state index contributed by atoms with van der Waals surface area (Å²) >= 11 is 0. The van der Waals surface area contributed by atoms with Gasteiger partial charge in [0.2, 0.25) is 0 Å². The van der Waals surface area contributed by atoms with Crippen molar-refractivity contribution in [2.75, 3.05) is 0 Å². The Morgan fingerprint density at radius 1 is 1.75 bits per heavy atom. The van der Waals surface area contributed by atoms with Gasteiger partial charge in [-0.1, -0.05) is 0 Å². The summed E-state index contributed by atoms with van der Waals surface area (Å²) in [7, 11) is 0. The zero-order valence-electron chi connectivity index (χ0n) is 3.64. The van der Waals surface area contributed by atoms with Crippen molar-refractivity contribution < 1.29 is 20.2 Å². The van der Waals surface area contributed by atoms with Gasteiger partial charge < -0.3 is 16.0 Å². The Bertz CT molecular complexity index is 68.4. The molecule has 0 spiro atoms. The average molecular weight is 124 g/mol. The maximum atomic E-state index is 8.78. The van der Waals surface area contributed by atoms with E-state index >= 15 is 0 Å². The van der Waals surface area contributed by atoms with Gasteiger partial charge in [0.05, 0.1) is 0 Å². The molecule has 0 aromatic heterocycles. The fourth-order valence-electron chi connectivity index (χ4n) is 0. The van der Waals surface area contributed by atoms with E-state index in [0.29, 0.717) is 0 Å². The van der Waals surface area contributed by atoms with Gasteiger partial charge in [-0.25, -0.2) is 4.79 Å². The lowest BCUT2D eigenvalue weighted by Crippen LogP contribution is -2.03. The summed E-state index contributed by atoms with van der Waals surface area (Å²) in [5.74, 6) is 0. The monoisotopic (exact) mass is 124 g/mol. The number of primary amides is 1. The van der Waals surface area contributed by atoms with Crippen LogP contribution in [-0.4, -0.2) is 21.5 Å². The molecule has 7 heteroatoms. The molecule has 0 bridgehead atoms. The maximum Gasteiger partial charge on any atom is 0.402 e. The van der Waals surface area contributed by atoms with Crippen molar-refractivity contribution in [3.8, 4) is 0 Å². The Hall–Kier alpha value is -1.53. The van der Waals surface area contributed by atoms with Crippen LogP contribution in [0.2, 0.25) is 0 Å². The summed E-state index contributed by atoms with van der Waals surface area (Å²) in [6.45, 7) is 0. The van der Waals surface area contributed by atoms with E-state index in [4.69, 9.17) is 25.2 Å². The van der Waals surface area contributed by atoms with Crippen LogP contribution in [0, 0.1) is 10.1 Å². The largest absolute Gasteiger partial charge is 0.465 e. The molecule has 8 heavy (non-hydrogen) atoms. The van der Waals surface area contributed by atoms with Crippen molar-refractivity contribution >= 4 is 6.09 Å². The Kier molecular flexibility index (Phi) is 6.62. The Morgan fingerprint density at radius 3 is 1.75 bits per heavy atom. The second-order valence-corrected chi connectivity index (χ2v) is 0.576. The van der Waals surface area contributed by atoms with Crippen LogP contribution < -0.4 is 5.73 Å². The molecular weight excluding hydrogens is 120 g/mol. The normalized spacial score (nSPS) is 6.00. The number of rotatable bonds is 0. The van der Waals surface area contributed by atoms with Crippen molar-refractivity contribution in [2.24, 2.45) is 5.73 Å². The first-order valence-corrected chi connectivity index (χ1v) is 1.28. The average Bonchev–Trinajstić information content (AvgIpc) is 1.25. The molecule has 0 unspecified atom stereocenters. The summed E-state index contributed by atoms with van der Waals surface area (Å²) in [4.78, 5) is 17.1. The van der Waals surface area contributed by atoms with E-state index in [2.05, 4.69) is 5.73 Å². The molecule has 0 aliphatic heterocycles. The molecule has 48 valence electrons. The van der Waals surface area contributed by atoms with E-state index in [1.54, 1.807) is 0 Å². The molecule has 7 nitrogen and oxygen atoms in total. The zero-order chi connectivity index (χ0) is 7.15. The molecule has 0 aliphatic rings. The van der Waals surface area contributed by atoms with Crippen LogP contribution in [0.4, 0.5) is 4.79 Å². The Labute approximate surface area is 43.4 Å². The highest BCUT2D eigenvalue weighted by Crippen LogP contribution is 1.38. The molecule has 0 fully saturated rings. The van der Waals surface area contributed by atoms with Crippen molar-refractivity contribution in [3.63, 3.8) is 0 Å². The Balaban J connectivity index is 0. The number of nitrogens with two attached hydrogens (primary N) is 1. The van der Waals surface area contributed by atoms with Crippen LogP contribution in [0.3, 0.4) is 0 Å². The van der Waals surface area contributed by atoms with Crippen LogP contribution in [0.15, 0.2) is 0 Å². The van der Waals surface area contributed by atoms with Crippen LogP contribution in [0.25, 0.3) is 0 Å². The molecule has 0 heterocycles. The van der Waals surface area contributed by atoms with Crippen LogP contribution in [0.5, 0.6) is 0 Å². The second kappa shape index (κ2) is 5.47. The maximum absolute atomic E-state index is 8.78. The van der Waals surface area contributed by atoms with Gasteiger partial charge in [-0.3, -0.25) is 0 Å². The number of amides is 1.